The Bertz CT molecular complexity index is 481. The Hall–Kier alpha value is -0.260. The van der Waals surface area contributed by atoms with Crippen LogP contribution < -0.4 is 10.1 Å². The van der Waals surface area contributed by atoms with Crippen LogP contribution in [0.3, 0.4) is 0 Å². The van der Waals surface area contributed by atoms with E-state index in [0.29, 0.717) is 12.1 Å². The molecule has 1 aromatic rings. The zero-order valence-electron chi connectivity index (χ0n) is 11.0. The Morgan fingerprint density at radius 1 is 1.21 bits per heavy atom. The van der Waals surface area contributed by atoms with E-state index in [2.05, 4.69) is 48.1 Å². The number of hydrogen-bond acceptors (Lipinski definition) is 3. The zero-order valence-corrected chi connectivity index (χ0v) is 14.1. The summed E-state index contributed by atoms with van der Waals surface area (Å²) in [4.78, 5) is 2.61. The van der Waals surface area contributed by atoms with Gasteiger partial charge in [0.1, 0.15) is 5.75 Å². The van der Waals surface area contributed by atoms with Gasteiger partial charge in [-0.1, -0.05) is 0 Å². The van der Waals surface area contributed by atoms with Gasteiger partial charge in [-0.15, -0.1) is 0 Å². The first-order valence-electron chi connectivity index (χ1n) is 6.72. The summed E-state index contributed by atoms with van der Waals surface area (Å²) in [7, 11) is 1.70. The fraction of sp³-hybridized carbons (Fsp3) is 0.571. The minimum Gasteiger partial charge on any atom is -0.495 e. The molecule has 0 amide bonds. The van der Waals surface area contributed by atoms with Crippen molar-refractivity contribution < 1.29 is 4.74 Å². The van der Waals surface area contributed by atoms with E-state index in [1.165, 1.54) is 32.4 Å². The summed E-state index contributed by atoms with van der Waals surface area (Å²) >= 11 is 7.14. The molecule has 2 unspecified atom stereocenters. The average Bonchev–Trinajstić information content (AvgIpc) is 2.97. The van der Waals surface area contributed by atoms with Gasteiger partial charge in [-0.2, -0.15) is 0 Å². The molecule has 2 aliphatic rings. The van der Waals surface area contributed by atoms with Crippen molar-refractivity contribution >= 4 is 37.5 Å². The molecular formula is C14H18Br2N2O. The fourth-order valence-electron chi connectivity index (χ4n) is 3.25. The Labute approximate surface area is 130 Å². The quantitative estimate of drug-likeness (QED) is 0.849. The predicted molar refractivity (Wildman–Crippen MR) is 85.0 cm³/mol. The van der Waals surface area contributed by atoms with Crippen LogP contribution in [0.25, 0.3) is 0 Å². The van der Waals surface area contributed by atoms with Crippen LogP contribution in [0.1, 0.15) is 19.3 Å². The SMILES string of the molecule is COc1cc(NC2CCN3CCCC23)c(Br)cc1Br. The summed E-state index contributed by atoms with van der Waals surface area (Å²) < 4.78 is 7.43. The highest BCUT2D eigenvalue weighted by molar-refractivity contribution is 9.11. The molecule has 2 fully saturated rings. The van der Waals surface area contributed by atoms with Crippen LogP contribution >= 0.6 is 31.9 Å². The first-order valence-corrected chi connectivity index (χ1v) is 8.31. The molecule has 19 heavy (non-hydrogen) atoms. The van der Waals surface area contributed by atoms with E-state index >= 15 is 0 Å². The number of ether oxygens (including phenoxy) is 1. The summed E-state index contributed by atoms with van der Waals surface area (Å²) in [5.41, 5.74) is 1.12. The van der Waals surface area contributed by atoms with Crippen molar-refractivity contribution in [3.63, 3.8) is 0 Å². The highest BCUT2D eigenvalue weighted by Gasteiger charge is 2.37. The van der Waals surface area contributed by atoms with Crippen molar-refractivity contribution in [1.82, 2.24) is 4.90 Å². The van der Waals surface area contributed by atoms with Gasteiger partial charge in [0, 0.05) is 29.2 Å². The van der Waals surface area contributed by atoms with Gasteiger partial charge in [-0.3, -0.25) is 4.90 Å². The van der Waals surface area contributed by atoms with Gasteiger partial charge in [0.05, 0.1) is 17.3 Å². The molecule has 3 rings (SSSR count). The normalized spacial score (nSPS) is 26.5. The van der Waals surface area contributed by atoms with E-state index in [4.69, 9.17) is 4.74 Å². The molecular weight excluding hydrogens is 372 g/mol. The lowest BCUT2D eigenvalue weighted by Crippen LogP contribution is -2.33. The molecule has 3 nitrogen and oxygen atoms in total. The first-order chi connectivity index (χ1) is 9.19. The molecule has 2 atom stereocenters. The molecule has 0 radical (unpaired) electrons. The molecule has 0 bridgehead atoms. The predicted octanol–water partition coefficient (Wildman–Crippen LogP) is 3.87. The van der Waals surface area contributed by atoms with Crippen molar-refractivity contribution in [3.8, 4) is 5.75 Å². The van der Waals surface area contributed by atoms with Gasteiger partial charge in [0.25, 0.3) is 0 Å². The Morgan fingerprint density at radius 3 is 2.84 bits per heavy atom. The Morgan fingerprint density at radius 2 is 2.05 bits per heavy atom. The van der Waals surface area contributed by atoms with Crippen LogP contribution in [0, 0.1) is 0 Å². The van der Waals surface area contributed by atoms with Crippen molar-refractivity contribution in [2.75, 3.05) is 25.5 Å². The average molecular weight is 390 g/mol. The second-order valence-electron chi connectivity index (χ2n) is 5.25. The molecule has 2 aliphatic heterocycles. The maximum Gasteiger partial charge on any atom is 0.135 e. The highest BCUT2D eigenvalue weighted by atomic mass is 79.9. The largest absolute Gasteiger partial charge is 0.495 e. The number of nitrogens with zero attached hydrogens (tertiary/aromatic N) is 1. The summed E-state index contributed by atoms with van der Waals surface area (Å²) in [6.45, 7) is 2.50. The lowest BCUT2D eigenvalue weighted by atomic mass is 10.1. The minimum atomic E-state index is 0.560. The molecule has 0 aliphatic carbocycles. The van der Waals surface area contributed by atoms with Crippen LogP contribution in [0.5, 0.6) is 5.75 Å². The van der Waals surface area contributed by atoms with E-state index in [9.17, 15) is 0 Å². The summed E-state index contributed by atoms with van der Waals surface area (Å²) in [6, 6.07) is 5.38. The molecule has 0 saturated carbocycles. The van der Waals surface area contributed by atoms with Gasteiger partial charge in [0.15, 0.2) is 0 Å². The van der Waals surface area contributed by atoms with Crippen LogP contribution in [0.15, 0.2) is 21.1 Å². The van der Waals surface area contributed by atoms with Gasteiger partial charge in [0.2, 0.25) is 0 Å². The topological polar surface area (TPSA) is 24.5 Å². The molecule has 0 spiro atoms. The van der Waals surface area contributed by atoms with Crippen molar-refractivity contribution in [1.29, 1.82) is 0 Å². The van der Waals surface area contributed by atoms with Crippen LogP contribution in [0.4, 0.5) is 5.69 Å². The van der Waals surface area contributed by atoms with E-state index < -0.39 is 0 Å². The Kier molecular flexibility index (Phi) is 4.06. The minimum absolute atomic E-state index is 0.560. The second-order valence-corrected chi connectivity index (χ2v) is 6.96. The van der Waals surface area contributed by atoms with Crippen LogP contribution in [-0.4, -0.2) is 37.2 Å². The highest BCUT2D eigenvalue weighted by Crippen LogP contribution is 2.37. The maximum absolute atomic E-state index is 5.37. The third-order valence-electron chi connectivity index (χ3n) is 4.19. The smallest absolute Gasteiger partial charge is 0.135 e. The van der Waals surface area contributed by atoms with E-state index in [1.807, 2.05) is 6.07 Å². The van der Waals surface area contributed by atoms with Gasteiger partial charge in [-0.05, 0) is 63.7 Å². The monoisotopic (exact) mass is 388 g/mol. The first kappa shape index (κ1) is 13.7. The summed E-state index contributed by atoms with van der Waals surface area (Å²) in [6.07, 6.45) is 3.89. The van der Waals surface area contributed by atoms with Gasteiger partial charge >= 0.3 is 0 Å². The zero-order chi connectivity index (χ0) is 13.4. The second kappa shape index (κ2) is 5.62. The van der Waals surface area contributed by atoms with Gasteiger partial charge in [-0.25, -0.2) is 0 Å². The third kappa shape index (κ3) is 2.65. The van der Waals surface area contributed by atoms with Crippen molar-refractivity contribution in [2.45, 2.75) is 31.3 Å². The number of benzene rings is 1. The van der Waals surface area contributed by atoms with E-state index in [1.54, 1.807) is 7.11 Å². The number of fused-ring (bicyclic) bond motifs is 1. The van der Waals surface area contributed by atoms with E-state index in [-0.39, 0.29) is 0 Å². The standard InChI is InChI=1S/C14H18Br2N2O/c1-19-14-8-12(9(15)7-10(14)16)17-11-4-6-18-5-2-3-13(11)18/h7-8,11,13,17H,2-6H2,1H3. The van der Waals surface area contributed by atoms with Gasteiger partial charge < -0.3 is 10.1 Å². The summed E-state index contributed by atoms with van der Waals surface area (Å²) in [5.74, 6) is 0.868. The molecule has 104 valence electrons. The lowest BCUT2D eigenvalue weighted by molar-refractivity contribution is 0.318. The molecule has 0 aromatic heterocycles. The molecule has 1 N–H and O–H groups in total. The molecule has 5 heteroatoms. The number of nitrogens with one attached hydrogen (secondary N) is 1. The van der Waals surface area contributed by atoms with Crippen LogP contribution in [0.2, 0.25) is 0 Å². The Balaban J connectivity index is 1.79. The number of rotatable bonds is 3. The van der Waals surface area contributed by atoms with E-state index in [0.717, 1.165) is 20.4 Å². The summed E-state index contributed by atoms with van der Waals surface area (Å²) in [5, 5.41) is 3.69. The lowest BCUT2D eigenvalue weighted by Gasteiger charge is -2.23. The molecule has 2 saturated heterocycles. The third-order valence-corrected chi connectivity index (χ3v) is 5.46. The van der Waals surface area contributed by atoms with Crippen molar-refractivity contribution in [3.05, 3.63) is 21.1 Å². The number of halogens is 2. The maximum atomic E-state index is 5.37. The fourth-order valence-corrected chi connectivity index (χ4v) is 4.52. The molecule has 1 aromatic carbocycles. The van der Waals surface area contributed by atoms with Crippen molar-refractivity contribution in [2.24, 2.45) is 0 Å². The van der Waals surface area contributed by atoms with Crippen LogP contribution in [-0.2, 0) is 0 Å². The number of methoxy groups -OCH3 is 1. The number of anilines is 1. The molecule has 2 heterocycles. The number of hydrogen-bond donors (Lipinski definition) is 1.